The highest BCUT2D eigenvalue weighted by Crippen LogP contribution is 2.40. The molecule has 1 saturated heterocycles. The Morgan fingerprint density at radius 3 is 2.38 bits per heavy atom. The molecule has 1 aliphatic heterocycles. The number of hydrogen-bond donors (Lipinski definition) is 2. The van der Waals surface area contributed by atoms with Crippen LogP contribution in [0.1, 0.15) is 85.5 Å². The predicted molar refractivity (Wildman–Crippen MR) is 137 cm³/mol. The van der Waals surface area contributed by atoms with Crippen LogP contribution in [0.5, 0.6) is 0 Å². The first-order valence-corrected chi connectivity index (χ1v) is 13.1. The lowest BCUT2D eigenvalue weighted by molar-refractivity contribution is -0.147. The summed E-state index contributed by atoms with van der Waals surface area (Å²) >= 11 is 0. The molecule has 1 unspecified atom stereocenters. The third kappa shape index (κ3) is 5.42. The average molecular weight is 510 g/mol. The molecule has 0 spiro atoms. The molecule has 9 heteroatoms. The number of ketones is 1. The smallest absolute Gasteiger partial charge is 0.238 e. The van der Waals surface area contributed by atoms with Crippen LogP contribution in [0.4, 0.5) is 4.39 Å². The van der Waals surface area contributed by atoms with Crippen molar-refractivity contribution in [3.63, 3.8) is 0 Å². The molecule has 2 amide bonds. The molecule has 3 N–H and O–H groups in total. The molecule has 3 atom stereocenters. The number of halogens is 1. The van der Waals surface area contributed by atoms with Gasteiger partial charge in [-0.05, 0) is 82.8 Å². The van der Waals surface area contributed by atoms with Crippen LogP contribution in [-0.4, -0.2) is 51.6 Å². The molecule has 1 aliphatic carbocycles. The van der Waals surface area contributed by atoms with Gasteiger partial charge in [-0.2, -0.15) is 0 Å². The second-order valence-electron chi connectivity index (χ2n) is 10.4. The summed E-state index contributed by atoms with van der Waals surface area (Å²) in [4.78, 5) is 50.7. The molecule has 2 fully saturated rings. The minimum Gasteiger partial charge on any atom is -0.368 e. The highest BCUT2D eigenvalue weighted by atomic mass is 19.1. The normalized spacial score (nSPS) is 20.9. The first-order chi connectivity index (χ1) is 17.7. The van der Waals surface area contributed by atoms with Gasteiger partial charge >= 0.3 is 0 Å². The van der Waals surface area contributed by atoms with Gasteiger partial charge in [-0.3, -0.25) is 14.4 Å². The van der Waals surface area contributed by atoms with Crippen molar-refractivity contribution in [1.82, 2.24) is 20.2 Å². The van der Waals surface area contributed by atoms with Gasteiger partial charge in [0.15, 0.2) is 0 Å². The van der Waals surface area contributed by atoms with Crippen molar-refractivity contribution in [2.75, 3.05) is 13.6 Å². The topological polar surface area (TPSA) is 118 Å². The van der Waals surface area contributed by atoms with E-state index in [0.29, 0.717) is 30.0 Å². The van der Waals surface area contributed by atoms with Crippen LogP contribution in [0.3, 0.4) is 0 Å². The van der Waals surface area contributed by atoms with E-state index in [9.17, 15) is 18.8 Å². The molecule has 1 aromatic carbocycles. The van der Waals surface area contributed by atoms with Crippen molar-refractivity contribution >= 4 is 17.6 Å². The van der Waals surface area contributed by atoms with E-state index in [0.717, 1.165) is 38.5 Å². The number of nitrogens with one attached hydrogen (secondary N) is 1. The van der Waals surface area contributed by atoms with Crippen molar-refractivity contribution in [2.24, 2.45) is 17.6 Å². The van der Waals surface area contributed by atoms with E-state index in [2.05, 4.69) is 15.3 Å². The van der Waals surface area contributed by atoms with Crippen LogP contribution in [0.25, 0.3) is 0 Å². The standard InChI is InChI=1S/C28H36FN5O3/c1-17-32-21(16-22(33-17)25(35)19-11-13-20(29)14-12-19)23-10-7-15-34(23)26(36)24(18-8-5-4-6-9-18)28(2,31-3)27(30)37/h11-14,16,18,23-24,31H,4-10,15H2,1-3H3,(H2,30,37)/t23-,24+,28?/m0/s1. The maximum absolute atomic E-state index is 14.2. The second-order valence-corrected chi connectivity index (χ2v) is 10.4. The van der Waals surface area contributed by atoms with E-state index in [1.807, 2.05) is 4.90 Å². The van der Waals surface area contributed by atoms with E-state index >= 15 is 0 Å². The summed E-state index contributed by atoms with van der Waals surface area (Å²) in [6, 6.07) is 6.63. The fourth-order valence-electron chi connectivity index (χ4n) is 5.96. The van der Waals surface area contributed by atoms with Crippen molar-refractivity contribution in [3.8, 4) is 0 Å². The van der Waals surface area contributed by atoms with Crippen LogP contribution in [0.15, 0.2) is 30.3 Å². The maximum atomic E-state index is 14.2. The number of amides is 2. The van der Waals surface area contributed by atoms with Crippen molar-refractivity contribution in [3.05, 3.63) is 58.9 Å². The predicted octanol–water partition coefficient (Wildman–Crippen LogP) is 3.48. The zero-order valence-electron chi connectivity index (χ0n) is 21.8. The van der Waals surface area contributed by atoms with Crippen molar-refractivity contribution < 1.29 is 18.8 Å². The average Bonchev–Trinajstić information content (AvgIpc) is 3.39. The van der Waals surface area contributed by atoms with Crippen molar-refractivity contribution in [1.29, 1.82) is 0 Å². The number of aryl methyl sites for hydroxylation is 1. The summed E-state index contributed by atoms with van der Waals surface area (Å²) in [6.07, 6.45) is 6.40. The van der Waals surface area contributed by atoms with Gasteiger partial charge < -0.3 is 16.0 Å². The van der Waals surface area contributed by atoms with Gasteiger partial charge in [0.1, 0.15) is 22.9 Å². The maximum Gasteiger partial charge on any atom is 0.238 e. The van der Waals surface area contributed by atoms with Crippen molar-refractivity contribution in [2.45, 2.75) is 70.4 Å². The lowest BCUT2D eigenvalue weighted by Crippen LogP contribution is -2.63. The highest BCUT2D eigenvalue weighted by Gasteiger charge is 2.50. The van der Waals surface area contributed by atoms with Gasteiger partial charge in [0.2, 0.25) is 17.6 Å². The summed E-state index contributed by atoms with van der Waals surface area (Å²) in [5, 5.41) is 3.07. The molecule has 2 aliphatic rings. The minimum atomic E-state index is -1.18. The van der Waals surface area contributed by atoms with E-state index in [4.69, 9.17) is 5.73 Å². The number of likely N-dealkylation sites (N-methyl/N-ethyl adjacent to an activating group) is 1. The van der Waals surface area contributed by atoms with Gasteiger partial charge in [-0.25, -0.2) is 14.4 Å². The molecule has 1 saturated carbocycles. The fraction of sp³-hybridized carbons (Fsp3) is 0.536. The number of hydrogen-bond acceptors (Lipinski definition) is 6. The molecule has 0 bridgehead atoms. The number of likely N-dealkylation sites (tertiary alicyclic amines) is 1. The van der Waals surface area contributed by atoms with E-state index in [1.54, 1.807) is 27.0 Å². The van der Waals surface area contributed by atoms with Gasteiger partial charge in [-0.1, -0.05) is 19.3 Å². The Bertz CT molecular complexity index is 1160. The molecule has 2 aromatic rings. The molecular weight excluding hydrogens is 473 g/mol. The second kappa shape index (κ2) is 11.0. The summed E-state index contributed by atoms with van der Waals surface area (Å²) in [6.45, 7) is 3.98. The first kappa shape index (κ1) is 26.9. The molecule has 37 heavy (non-hydrogen) atoms. The summed E-state index contributed by atoms with van der Waals surface area (Å²) in [5.74, 6) is -1.53. The lowest BCUT2D eigenvalue weighted by Gasteiger charge is -2.42. The Morgan fingerprint density at radius 2 is 1.76 bits per heavy atom. The molecule has 198 valence electrons. The molecule has 0 radical (unpaired) electrons. The van der Waals surface area contributed by atoms with Crippen LogP contribution in [0, 0.1) is 24.6 Å². The Balaban J connectivity index is 1.67. The van der Waals surface area contributed by atoms with E-state index in [1.165, 1.54) is 24.3 Å². The quantitative estimate of drug-likeness (QED) is 0.526. The molecule has 1 aromatic heterocycles. The van der Waals surface area contributed by atoms with E-state index < -0.39 is 23.2 Å². The van der Waals surface area contributed by atoms with Gasteiger partial charge in [0.25, 0.3) is 0 Å². The zero-order chi connectivity index (χ0) is 26.7. The van der Waals surface area contributed by atoms with Crippen LogP contribution in [-0.2, 0) is 9.59 Å². The molecule has 4 rings (SSSR count). The van der Waals surface area contributed by atoms with E-state index in [-0.39, 0.29) is 29.3 Å². The van der Waals surface area contributed by atoms with Gasteiger partial charge in [0.05, 0.1) is 17.7 Å². The Kier molecular flexibility index (Phi) is 8.02. The number of benzene rings is 1. The Morgan fingerprint density at radius 1 is 1.08 bits per heavy atom. The highest BCUT2D eigenvalue weighted by molar-refractivity contribution is 6.07. The Labute approximate surface area is 217 Å². The Hall–Kier alpha value is -3.20. The number of primary amides is 1. The first-order valence-electron chi connectivity index (χ1n) is 13.1. The SMILES string of the molecule is CNC(C)(C(N)=O)[C@@H](C(=O)N1CCC[C@H]1c1cc(C(=O)c2ccc(F)cc2)nc(C)n1)C1CCCCC1. The number of aromatic nitrogens is 2. The minimum absolute atomic E-state index is 0.0511. The summed E-state index contributed by atoms with van der Waals surface area (Å²) in [7, 11) is 1.68. The van der Waals surface area contributed by atoms with Gasteiger partial charge in [-0.15, -0.1) is 0 Å². The summed E-state index contributed by atoms with van der Waals surface area (Å²) in [5.41, 5.74) is 5.80. The van der Waals surface area contributed by atoms with Crippen LogP contribution < -0.4 is 11.1 Å². The fourth-order valence-corrected chi connectivity index (χ4v) is 5.96. The number of nitrogens with two attached hydrogens (primary N) is 1. The number of nitrogens with zero attached hydrogens (tertiary/aromatic N) is 3. The number of carbonyl (C=O) groups excluding carboxylic acids is 3. The number of rotatable bonds is 8. The third-order valence-corrected chi connectivity index (χ3v) is 8.11. The molecule has 2 heterocycles. The van der Waals surface area contributed by atoms with Crippen LogP contribution >= 0.6 is 0 Å². The van der Waals surface area contributed by atoms with Crippen LogP contribution in [0.2, 0.25) is 0 Å². The zero-order valence-corrected chi connectivity index (χ0v) is 21.8. The lowest BCUT2D eigenvalue weighted by atomic mass is 9.69. The largest absolute Gasteiger partial charge is 0.368 e. The van der Waals surface area contributed by atoms with Gasteiger partial charge in [0, 0.05) is 12.1 Å². The molecular formula is C28H36FN5O3. The molecule has 8 nitrogen and oxygen atoms in total. The summed E-state index contributed by atoms with van der Waals surface area (Å²) < 4.78 is 13.4. The number of carbonyl (C=O) groups is 3. The third-order valence-electron chi connectivity index (χ3n) is 8.11. The monoisotopic (exact) mass is 509 g/mol.